The first-order chi connectivity index (χ1) is 5.77. The molecule has 12 heavy (non-hydrogen) atoms. The first-order valence-electron chi connectivity index (χ1n) is 4.54. The normalized spacial score (nSPS) is 12.9. The zero-order valence-electron chi connectivity index (χ0n) is 8.09. The zero-order chi connectivity index (χ0) is 8.97. The molecule has 1 atom stereocenters. The Morgan fingerprint density at radius 1 is 1.25 bits per heavy atom. The number of hydrogen-bond acceptors (Lipinski definition) is 1. The molecule has 0 fully saturated rings. The molecule has 1 nitrogen and oxygen atoms in total. The van der Waals surface area contributed by atoms with Crippen LogP contribution in [0.5, 0.6) is 0 Å². The Kier molecular flexibility index (Phi) is 3.30. The van der Waals surface area contributed by atoms with Crippen LogP contribution in [0.3, 0.4) is 0 Å². The van der Waals surface area contributed by atoms with Crippen molar-refractivity contribution >= 4 is 0 Å². The molecular formula is C11H17N. The molecule has 66 valence electrons. The number of rotatable bonds is 3. The van der Waals surface area contributed by atoms with Gasteiger partial charge in [-0.3, -0.25) is 0 Å². The Morgan fingerprint density at radius 2 is 1.83 bits per heavy atom. The Balaban J connectivity index is 2.77. The summed E-state index contributed by atoms with van der Waals surface area (Å²) in [6, 6.07) is 9.24. The molecule has 0 heterocycles. The predicted molar refractivity (Wildman–Crippen MR) is 53.3 cm³/mol. The minimum atomic E-state index is 0.455. The van der Waals surface area contributed by atoms with Gasteiger partial charge in [0.2, 0.25) is 0 Å². The standard InChI is InChI=1S/C11H17N/c1-4-10-5-7-11(8-6-10)9(2)12-3/h5-9,12H,4H2,1-3H3/t9-/m1/s1. The van der Waals surface area contributed by atoms with Gasteiger partial charge in [-0.25, -0.2) is 0 Å². The van der Waals surface area contributed by atoms with Gasteiger partial charge in [0, 0.05) is 6.04 Å². The highest BCUT2D eigenvalue weighted by atomic mass is 14.8. The molecule has 0 aliphatic rings. The van der Waals surface area contributed by atoms with E-state index in [1.807, 2.05) is 7.05 Å². The number of hydrogen-bond donors (Lipinski definition) is 1. The number of aryl methyl sites for hydroxylation is 1. The van der Waals surface area contributed by atoms with Crippen LogP contribution < -0.4 is 5.32 Å². The van der Waals surface area contributed by atoms with E-state index in [9.17, 15) is 0 Å². The summed E-state index contributed by atoms with van der Waals surface area (Å²) in [6.07, 6.45) is 1.12. The molecule has 0 aromatic heterocycles. The molecule has 1 N–H and O–H groups in total. The van der Waals surface area contributed by atoms with Crippen molar-refractivity contribution < 1.29 is 0 Å². The van der Waals surface area contributed by atoms with E-state index in [1.165, 1.54) is 11.1 Å². The van der Waals surface area contributed by atoms with Gasteiger partial charge in [0.15, 0.2) is 0 Å². The average Bonchev–Trinajstić information content (AvgIpc) is 2.17. The fourth-order valence-corrected chi connectivity index (χ4v) is 1.21. The lowest BCUT2D eigenvalue weighted by molar-refractivity contribution is 0.652. The monoisotopic (exact) mass is 163 g/mol. The summed E-state index contributed by atoms with van der Waals surface area (Å²) < 4.78 is 0. The fourth-order valence-electron chi connectivity index (χ4n) is 1.21. The van der Waals surface area contributed by atoms with Crippen molar-refractivity contribution in [2.75, 3.05) is 7.05 Å². The van der Waals surface area contributed by atoms with Gasteiger partial charge in [-0.05, 0) is 31.5 Å². The molecule has 1 aromatic rings. The second-order valence-corrected chi connectivity index (χ2v) is 3.11. The molecule has 0 bridgehead atoms. The van der Waals surface area contributed by atoms with Crippen molar-refractivity contribution in [1.82, 2.24) is 5.32 Å². The van der Waals surface area contributed by atoms with Crippen molar-refractivity contribution in [3.63, 3.8) is 0 Å². The van der Waals surface area contributed by atoms with Crippen molar-refractivity contribution in [3.05, 3.63) is 35.4 Å². The molecule has 0 saturated heterocycles. The van der Waals surface area contributed by atoms with Gasteiger partial charge < -0.3 is 5.32 Å². The van der Waals surface area contributed by atoms with E-state index in [-0.39, 0.29) is 0 Å². The van der Waals surface area contributed by atoms with Gasteiger partial charge >= 0.3 is 0 Å². The summed E-state index contributed by atoms with van der Waals surface area (Å²) in [4.78, 5) is 0. The second kappa shape index (κ2) is 4.27. The minimum absolute atomic E-state index is 0.455. The van der Waals surface area contributed by atoms with Crippen molar-refractivity contribution in [1.29, 1.82) is 0 Å². The van der Waals surface area contributed by atoms with Crippen molar-refractivity contribution in [2.45, 2.75) is 26.3 Å². The highest BCUT2D eigenvalue weighted by molar-refractivity contribution is 5.24. The highest BCUT2D eigenvalue weighted by Gasteiger charge is 2.00. The lowest BCUT2D eigenvalue weighted by Gasteiger charge is -2.10. The fraction of sp³-hybridized carbons (Fsp3) is 0.455. The minimum Gasteiger partial charge on any atom is -0.313 e. The molecule has 0 radical (unpaired) electrons. The molecule has 0 unspecified atom stereocenters. The van der Waals surface area contributed by atoms with E-state index in [1.54, 1.807) is 0 Å². The van der Waals surface area contributed by atoms with Crippen LogP contribution in [0.1, 0.15) is 31.0 Å². The van der Waals surface area contributed by atoms with Crippen LogP contribution in [-0.4, -0.2) is 7.05 Å². The van der Waals surface area contributed by atoms with Crippen LogP contribution in [0.15, 0.2) is 24.3 Å². The van der Waals surface area contributed by atoms with Gasteiger partial charge in [-0.1, -0.05) is 31.2 Å². The summed E-state index contributed by atoms with van der Waals surface area (Å²) in [6.45, 7) is 4.34. The summed E-state index contributed by atoms with van der Waals surface area (Å²) in [5, 5.41) is 3.22. The van der Waals surface area contributed by atoms with Gasteiger partial charge in [0.25, 0.3) is 0 Å². The maximum atomic E-state index is 3.22. The summed E-state index contributed by atoms with van der Waals surface area (Å²) >= 11 is 0. The van der Waals surface area contributed by atoms with E-state index >= 15 is 0 Å². The molecule has 1 rings (SSSR count). The first-order valence-corrected chi connectivity index (χ1v) is 4.54. The van der Waals surface area contributed by atoms with E-state index < -0.39 is 0 Å². The SMILES string of the molecule is CCc1ccc([C@@H](C)NC)cc1. The topological polar surface area (TPSA) is 12.0 Å². The molecule has 0 amide bonds. The predicted octanol–water partition coefficient (Wildman–Crippen LogP) is 2.53. The Bertz CT molecular complexity index is 225. The van der Waals surface area contributed by atoms with Gasteiger partial charge in [0.1, 0.15) is 0 Å². The lowest BCUT2D eigenvalue weighted by Crippen LogP contribution is -2.11. The van der Waals surface area contributed by atoms with Crippen LogP contribution >= 0.6 is 0 Å². The molecule has 1 aromatic carbocycles. The summed E-state index contributed by atoms with van der Waals surface area (Å²) in [5.41, 5.74) is 2.76. The number of benzene rings is 1. The van der Waals surface area contributed by atoms with Gasteiger partial charge in [-0.2, -0.15) is 0 Å². The summed E-state index contributed by atoms with van der Waals surface area (Å²) in [7, 11) is 1.98. The zero-order valence-corrected chi connectivity index (χ0v) is 8.09. The van der Waals surface area contributed by atoms with E-state index in [0.29, 0.717) is 6.04 Å². The van der Waals surface area contributed by atoms with Crippen LogP contribution in [0, 0.1) is 0 Å². The lowest BCUT2D eigenvalue weighted by atomic mass is 10.1. The van der Waals surface area contributed by atoms with Crippen molar-refractivity contribution in [2.24, 2.45) is 0 Å². The quantitative estimate of drug-likeness (QED) is 0.722. The third kappa shape index (κ3) is 2.08. The smallest absolute Gasteiger partial charge is 0.0289 e. The Hall–Kier alpha value is -0.820. The van der Waals surface area contributed by atoms with Gasteiger partial charge in [-0.15, -0.1) is 0 Å². The van der Waals surface area contributed by atoms with Crippen LogP contribution in [0.4, 0.5) is 0 Å². The Labute approximate surface area is 74.8 Å². The third-order valence-electron chi connectivity index (χ3n) is 2.32. The Morgan fingerprint density at radius 3 is 2.25 bits per heavy atom. The highest BCUT2D eigenvalue weighted by Crippen LogP contribution is 2.12. The van der Waals surface area contributed by atoms with E-state index in [0.717, 1.165) is 6.42 Å². The molecule has 0 spiro atoms. The molecule has 0 aliphatic heterocycles. The van der Waals surface area contributed by atoms with Crippen LogP contribution in [0.25, 0.3) is 0 Å². The maximum absolute atomic E-state index is 3.22. The maximum Gasteiger partial charge on any atom is 0.0289 e. The van der Waals surface area contributed by atoms with E-state index in [4.69, 9.17) is 0 Å². The van der Waals surface area contributed by atoms with E-state index in [2.05, 4.69) is 43.4 Å². The molecule has 0 aliphatic carbocycles. The van der Waals surface area contributed by atoms with Crippen molar-refractivity contribution in [3.8, 4) is 0 Å². The van der Waals surface area contributed by atoms with Gasteiger partial charge in [0.05, 0.1) is 0 Å². The van der Waals surface area contributed by atoms with Crippen LogP contribution in [0.2, 0.25) is 0 Å². The van der Waals surface area contributed by atoms with Crippen LogP contribution in [-0.2, 0) is 6.42 Å². The number of nitrogens with one attached hydrogen (secondary N) is 1. The third-order valence-corrected chi connectivity index (χ3v) is 2.32. The average molecular weight is 163 g/mol. The first kappa shape index (κ1) is 9.27. The second-order valence-electron chi connectivity index (χ2n) is 3.11. The largest absolute Gasteiger partial charge is 0.313 e. The molecular weight excluding hydrogens is 146 g/mol. The molecule has 0 saturated carbocycles. The molecule has 1 heteroatoms. The summed E-state index contributed by atoms with van der Waals surface area (Å²) in [5.74, 6) is 0.